The van der Waals surface area contributed by atoms with Crippen molar-refractivity contribution in [1.82, 2.24) is 10.9 Å². The van der Waals surface area contributed by atoms with Crippen LogP contribution in [0.1, 0.15) is 48.9 Å². The summed E-state index contributed by atoms with van der Waals surface area (Å²) in [5.74, 6) is -0.636. The highest BCUT2D eigenvalue weighted by Crippen LogP contribution is 2.06. The van der Waals surface area contributed by atoms with Gasteiger partial charge in [-0.15, -0.1) is 0 Å². The molecule has 0 unspecified atom stereocenters. The summed E-state index contributed by atoms with van der Waals surface area (Å²) in [6, 6.07) is 15.7. The number of nitrogens with zero attached hydrogens (tertiary/aromatic N) is 2. The highest BCUT2D eigenvalue weighted by molar-refractivity contribution is 6.00. The molecule has 0 bridgehead atoms. The molecule has 2 N–H and O–H groups in total. The van der Waals surface area contributed by atoms with Crippen molar-refractivity contribution in [2.45, 2.75) is 40.5 Å². The largest absolute Gasteiger partial charge is 0.273 e. The van der Waals surface area contributed by atoms with Crippen LogP contribution in [0.4, 0.5) is 0 Å². The zero-order chi connectivity index (χ0) is 20.5. The van der Waals surface area contributed by atoms with Gasteiger partial charge >= 0.3 is 0 Å². The summed E-state index contributed by atoms with van der Waals surface area (Å²) < 4.78 is 0. The molecule has 0 aromatic heterocycles. The number of nitrogens with one attached hydrogen (secondary N) is 2. The molecule has 6 heteroatoms. The summed E-state index contributed by atoms with van der Waals surface area (Å²) in [5.41, 5.74) is 10.5. The molecule has 146 valence electrons. The highest BCUT2D eigenvalue weighted by atomic mass is 16.2. The van der Waals surface area contributed by atoms with Crippen molar-refractivity contribution in [1.29, 1.82) is 0 Å². The molecular formula is C22H26N4O2. The van der Waals surface area contributed by atoms with Crippen LogP contribution >= 0.6 is 0 Å². The van der Waals surface area contributed by atoms with Crippen molar-refractivity contribution < 1.29 is 9.59 Å². The first-order chi connectivity index (χ1) is 13.3. The fourth-order valence-corrected chi connectivity index (χ4v) is 2.50. The molecule has 6 nitrogen and oxygen atoms in total. The van der Waals surface area contributed by atoms with Crippen LogP contribution in [0.15, 0.2) is 58.7 Å². The molecule has 0 saturated carbocycles. The Balaban J connectivity index is 1.79. The molecule has 28 heavy (non-hydrogen) atoms. The number of hydrogen-bond acceptors (Lipinski definition) is 4. The number of aryl methyl sites for hydroxylation is 2. The van der Waals surface area contributed by atoms with E-state index in [1.807, 2.05) is 76.2 Å². The van der Waals surface area contributed by atoms with Gasteiger partial charge < -0.3 is 0 Å². The minimum absolute atomic E-state index is 0.0371. The van der Waals surface area contributed by atoms with Gasteiger partial charge in [0.25, 0.3) is 0 Å². The van der Waals surface area contributed by atoms with Crippen LogP contribution in [0.25, 0.3) is 0 Å². The smallest absolute Gasteiger partial charge is 0.240 e. The third-order valence-electron chi connectivity index (χ3n) is 4.15. The van der Waals surface area contributed by atoms with Crippen molar-refractivity contribution >= 4 is 23.2 Å². The molecule has 2 aromatic rings. The third-order valence-corrected chi connectivity index (χ3v) is 4.15. The SMILES string of the molecule is CC(=NNC(=O)CCC(=O)NN=C(C)c1cccc(C)c1)c1cccc(C)c1. The Bertz CT molecular complexity index is 841. The number of hydrogen-bond donors (Lipinski definition) is 2. The van der Waals surface area contributed by atoms with Crippen LogP contribution in [0, 0.1) is 13.8 Å². The number of rotatable bonds is 7. The van der Waals surface area contributed by atoms with E-state index in [-0.39, 0.29) is 24.7 Å². The molecule has 0 spiro atoms. The van der Waals surface area contributed by atoms with Gasteiger partial charge in [0.2, 0.25) is 11.8 Å². The minimum atomic E-state index is -0.318. The third kappa shape index (κ3) is 6.79. The van der Waals surface area contributed by atoms with Gasteiger partial charge in [-0.1, -0.05) is 59.7 Å². The first kappa shape index (κ1) is 21.0. The summed E-state index contributed by atoms with van der Waals surface area (Å²) in [6.45, 7) is 7.64. The zero-order valence-electron chi connectivity index (χ0n) is 16.7. The van der Waals surface area contributed by atoms with Crippen LogP contribution in [0.3, 0.4) is 0 Å². The van der Waals surface area contributed by atoms with Gasteiger partial charge in [-0.2, -0.15) is 10.2 Å². The van der Waals surface area contributed by atoms with Crippen molar-refractivity contribution in [3.63, 3.8) is 0 Å². The van der Waals surface area contributed by atoms with Gasteiger partial charge in [0.15, 0.2) is 0 Å². The number of amides is 2. The van der Waals surface area contributed by atoms with Crippen molar-refractivity contribution in [2.24, 2.45) is 10.2 Å². The summed E-state index contributed by atoms with van der Waals surface area (Å²) >= 11 is 0. The first-order valence-electron chi connectivity index (χ1n) is 9.15. The highest BCUT2D eigenvalue weighted by Gasteiger charge is 2.07. The molecule has 0 saturated heterocycles. The quantitative estimate of drug-likeness (QED) is 0.571. The molecule has 2 rings (SSSR count). The molecule has 0 radical (unpaired) electrons. The first-order valence-corrected chi connectivity index (χ1v) is 9.15. The van der Waals surface area contributed by atoms with E-state index in [2.05, 4.69) is 21.1 Å². The number of carbonyl (C=O) groups is 2. The molecule has 0 fully saturated rings. The van der Waals surface area contributed by atoms with E-state index in [0.717, 1.165) is 22.3 Å². The maximum Gasteiger partial charge on any atom is 0.240 e. The molecular weight excluding hydrogens is 352 g/mol. The van der Waals surface area contributed by atoms with Gasteiger partial charge in [-0.3, -0.25) is 9.59 Å². The minimum Gasteiger partial charge on any atom is -0.273 e. The molecule has 0 aliphatic heterocycles. The van der Waals surface area contributed by atoms with Crippen molar-refractivity contribution in [3.05, 3.63) is 70.8 Å². The predicted octanol–water partition coefficient (Wildman–Crippen LogP) is 3.46. The Kier molecular flexibility index (Phi) is 7.63. The normalized spacial score (nSPS) is 11.9. The standard InChI is InChI=1S/C22H26N4O2/c1-15-7-5-9-19(13-15)17(3)23-25-21(27)11-12-22(28)26-24-18(4)20-10-6-8-16(2)14-20/h5-10,13-14H,11-12H2,1-4H3,(H,25,27)(H,26,28). The zero-order valence-corrected chi connectivity index (χ0v) is 16.7. The number of benzene rings is 2. The number of carbonyl (C=O) groups excluding carboxylic acids is 2. The Morgan fingerprint density at radius 3 is 1.50 bits per heavy atom. The average Bonchev–Trinajstić information content (AvgIpc) is 2.68. The predicted molar refractivity (Wildman–Crippen MR) is 112 cm³/mol. The summed E-state index contributed by atoms with van der Waals surface area (Å²) in [7, 11) is 0. The van der Waals surface area contributed by atoms with Gasteiger partial charge in [0.05, 0.1) is 11.4 Å². The summed E-state index contributed by atoms with van der Waals surface area (Å²) in [6.07, 6.45) is 0.0743. The lowest BCUT2D eigenvalue weighted by molar-refractivity contribution is -0.126. The molecule has 2 amide bonds. The second-order valence-electron chi connectivity index (χ2n) is 6.70. The maximum atomic E-state index is 11.9. The summed E-state index contributed by atoms with van der Waals surface area (Å²) in [5, 5.41) is 8.19. The Morgan fingerprint density at radius 1 is 0.750 bits per heavy atom. The lowest BCUT2D eigenvalue weighted by atomic mass is 10.1. The molecule has 0 heterocycles. The van der Waals surface area contributed by atoms with Crippen LogP contribution < -0.4 is 10.9 Å². The van der Waals surface area contributed by atoms with Crippen molar-refractivity contribution in [2.75, 3.05) is 0 Å². The van der Waals surface area contributed by atoms with E-state index in [0.29, 0.717) is 11.4 Å². The fourth-order valence-electron chi connectivity index (χ4n) is 2.50. The van der Waals surface area contributed by atoms with Crippen LogP contribution in [-0.2, 0) is 9.59 Å². The second kappa shape index (κ2) is 10.2. The maximum absolute atomic E-state index is 11.9. The van der Waals surface area contributed by atoms with Gasteiger partial charge in [0, 0.05) is 12.8 Å². The van der Waals surface area contributed by atoms with Gasteiger partial charge in [-0.25, -0.2) is 10.9 Å². The molecule has 0 aliphatic carbocycles. The van der Waals surface area contributed by atoms with E-state index in [1.165, 1.54) is 0 Å². The Labute approximate surface area is 165 Å². The monoisotopic (exact) mass is 378 g/mol. The average molecular weight is 378 g/mol. The lowest BCUT2D eigenvalue weighted by Gasteiger charge is -2.05. The second-order valence-corrected chi connectivity index (χ2v) is 6.70. The van der Waals surface area contributed by atoms with Gasteiger partial charge in [0.1, 0.15) is 0 Å². The van der Waals surface area contributed by atoms with Gasteiger partial charge in [-0.05, 0) is 38.8 Å². The van der Waals surface area contributed by atoms with E-state index in [9.17, 15) is 9.59 Å². The summed E-state index contributed by atoms with van der Waals surface area (Å²) in [4.78, 5) is 23.8. The van der Waals surface area contributed by atoms with E-state index in [4.69, 9.17) is 0 Å². The lowest BCUT2D eigenvalue weighted by Crippen LogP contribution is -2.24. The van der Waals surface area contributed by atoms with E-state index >= 15 is 0 Å². The van der Waals surface area contributed by atoms with Crippen LogP contribution in [0.2, 0.25) is 0 Å². The Hall–Kier alpha value is -3.28. The van der Waals surface area contributed by atoms with E-state index in [1.54, 1.807) is 0 Å². The molecule has 2 aromatic carbocycles. The van der Waals surface area contributed by atoms with Crippen LogP contribution in [-0.4, -0.2) is 23.2 Å². The molecule has 0 aliphatic rings. The topological polar surface area (TPSA) is 82.9 Å². The van der Waals surface area contributed by atoms with Crippen LogP contribution in [0.5, 0.6) is 0 Å². The van der Waals surface area contributed by atoms with E-state index < -0.39 is 0 Å². The fraction of sp³-hybridized carbons (Fsp3) is 0.273. The molecule has 0 atom stereocenters. The van der Waals surface area contributed by atoms with Crippen molar-refractivity contribution in [3.8, 4) is 0 Å². The Morgan fingerprint density at radius 2 is 1.14 bits per heavy atom. The number of hydrazone groups is 2.